The number of thiophene rings is 1. The minimum atomic E-state index is -0.348. The molecule has 0 bridgehead atoms. The second-order valence-corrected chi connectivity index (χ2v) is 6.72. The summed E-state index contributed by atoms with van der Waals surface area (Å²) in [6, 6.07) is 1.84. The van der Waals surface area contributed by atoms with E-state index in [9.17, 15) is 9.59 Å². The van der Waals surface area contributed by atoms with Crippen molar-refractivity contribution in [2.45, 2.75) is 31.5 Å². The van der Waals surface area contributed by atoms with Crippen molar-refractivity contribution in [3.63, 3.8) is 0 Å². The van der Waals surface area contributed by atoms with Gasteiger partial charge in [0.25, 0.3) is 0 Å². The molecule has 2 rings (SSSR count). The Morgan fingerprint density at radius 2 is 2.32 bits per heavy atom. The molecule has 1 aliphatic rings. The molecule has 19 heavy (non-hydrogen) atoms. The van der Waals surface area contributed by atoms with Crippen LogP contribution in [-0.4, -0.2) is 29.9 Å². The highest BCUT2D eigenvalue weighted by Gasteiger charge is 2.33. The molecule has 0 aliphatic carbocycles. The van der Waals surface area contributed by atoms with Crippen LogP contribution in [0.25, 0.3) is 0 Å². The Bertz CT molecular complexity index is 500. The summed E-state index contributed by atoms with van der Waals surface area (Å²) in [5.41, 5.74) is 0.513. The average molecular weight is 346 g/mol. The SMILES string of the molecule is CCOC(=O)c1cc(CC)sc1N1CC(Br)CC1=O. The molecule has 1 fully saturated rings. The van der Waals surface area contributed by atoms with Crippen molar-refractivity contribution in [2.75, 3.05) is 18.1 Å². The predicted molar refractivity (Wildman–Crippen MR) is 79.3 cm³/mol. The van der Waals surface area contributed by atoms with E-state index in [4.69, 9.17) is 4.74 Å². The molecule has 0 saturated carbocycles. The summed E-state index contributed by atoms with van der Waals surface area (Å²) in [6.45, 7) is 4.75. The molecule has 0 aromatic carbocycles. The Hall–Kier alpha value is -0.880. The maximum atomic E-state index is 12.0. The monoisotopic (exact) mass is 345 g/mol. The summed E-state index contributed by atoms with van der Waals surface area (Å²) >= 11 is 4.96. The first-order valence-corrected chi connectivity index (χ1v) is 8.04. The highest BCUT2D eigenvalue weighted by atomic mass is 79.9. The molecule has 1 aromatic heterocycles. The van der Waals surface area contributed by atoms with Gasteiger partial charge in [0.1, 0.15) is 5.00 Å². The number of aryl methyl sites for hydroxylation is 1. The van der Waals surface area contributed by atoms with Crippen LogP contribution in [0.4, 0.5) is 5.00 Å². The van der Waals surface area contributed by atoms with Crippen LogP contribution in [-0.2, 0) is 16.0 Å². The molecule has 0 radical (unpaired) electrons. The standard InChI is InChI=1S/C13H16BrNO3S/c1-3-9-6-10(13(17)18-4-2)12(19-9)15-7-8(14)5-11(15)16/h6,8H,3-5,7H2,1-2H3. The lowest BCUT2D eigenvalue weighted by Crippen LogP contribution is -2.25. The van der Waals surface area contributed by atoms with Gasteiger partial charge >= 0.3 is 5.97 Å². The van der Waals surface area contributed by atoms with Crippen molar-refractivity contribution in [2.24, 2.45) is 0 Å². The molecule has 1 amide bonds. The Balaban J connectivity index is 2.35. The molecule has 2 heterocycles. The number of ether oxygens (including phenoxy) is 1. The lowest BCUT2D eigenvalue weighted by atomic mass is 10.2. The number of amides is 1. The molecule has 1 unspecified atom stereocenters. The van der Waals surface area contributed by atoms with E-state index in [1.807, 2.05) is 13.0 Å². The van der Waals surface area contributed by atoms with Gasteiger partial charge in [-0.15, -0.1) is 11.3 Å². The van der Waals surface area contributed by atoms with Crippen LogP contribution < -0.4 is 4.90 Å². The van der Waals surface area contributed by atoms with Gasteiger partial charge in [-0.2, -0.15) is 0 Å². The fourth-order valence-electron chi connectivity index (χ4n) is 2.02. The second kappa shape index (κ2) is 6.05. The molecule has 1 atom stereocenters. The summed E-state index contributed by atoms with van der Waals surface area (Å²) in [5.74, 6) is -0.295. The van der Waals surface area contributed by atoms with Crippen LogP contribution in [0.5, 0.6) is 0 Å². The Morgan fingerprint density at radius 3 is 2.84 bits per heavy atom. The van der Waals surface area contributed by atoms with Gasteiger partial charge in [-0.1, -0.05) is 22.9 Å². The highest BCUT2D eigenvalue weighted by molar-refractivity contribution is 9.09. The summed E-state index contributed by atoms with van der Waals surface area (Å²) < 4.78 is 5.07. The Morgan fingerprint density at radius 1 is 1.58 bits per heavy atom. The van der Waals surface area contributed by atoms with Gasteiger partial charge in [-0.05, 0) is 19.4 Å². The van der Waals surface area contributed by atoms with Crippen LogP contribution in [0.1, 0.15) is 35.5 Å². The number of alkyl halides is 1. The number of carbonyl (C=O) groups is 2. The highest BCUT2D eigenvalue weighted by Crippen LogP contribution is 2.36. The number of hydrogen-bond donors (Lipinski definition) is 0. The third-order valence-electron chi connectivity index (χ3n) is 2.93. The van der Waals surface area contributed by atoms with E-state index in [1.165, 1.54) is 11.3 Å². The topological polar surface area (TPSA) is 46.6 Å². The molecule has 0 spiro atoms. The van der Waals surface area contributed by atoms with E-state index in [1.54, 1.807) is 11.8 Å². The molecule has 0 N–H and O–H groups in total. The van der Waals surface area contributed by atoms with E-state index < -0.39 is 0 Å². The third kappa shape index (κ3) is 3.00. The van der Waals surface area contributed by atoms with Gasteiger partial charge in [0.05, 0.1) is 12.2 Å². The quantitative estimate of drug-likeness (QED) is 0.622. The van der Waals surface area contributed by atoms with Crippen LogP contribution in [0.2, 0.25) is 0 Å². The van der Waals surface area contributed by atoms with E-state index >= 15 is 0 Å². The summed E-state index contributed by atoms with van der Waals surface area (Å²) in [6.07, 6.45) is 1.32. The van der Waals surface area contributed by atoms with Crippen molar-refractivity contribution in [1.82, 2.24) is 0 Å². The average Bonchev–Trinajstić information content (AvgIpc) is 2.92. The predicted octanol–water partition coefficient (Wildman–Crippen LogP) is 2.99. The lowest BCUT2D eigenvalue weighted by Gasteiger charge is -2.15. The number of nitrogens with zero attached hydrogens (tertiary/aromatic N) is 1. The zero-order valence-corrected chi connectivity index (χ0v) is 13.3. The van der Waals surface area contributed by atoms with Crippen molar-refractivity contribution in [3.8, 4) is 0 Å². The van der Waals surface area contributed by atoms with Crippen molar-refractivity contribution < 1.29 is 14.3 Å². The molecule has 1 aromatic rings. The normalized spacial score (nSPS) is 19.0. The number of halogens is 1. The van der Waals surface area contributed by atoms with Gasteiger partial charge in [0.15, 0.2) is 0 Å². The van der Waals surface area contributed by atoms with Crippen LogP contribution in [0, 0.1) is 0 Å². The number of anilines is 1. The molecular formula is C13H16BrNO3S. The van der Waals surface area contributed by atoms with Crippen molar-refractivity contribution >= 4 is 44.1 Å². The third-order valence-corrected chi connectivity index (χ3v) is 4.85. The number of hydrogen-bond acceptors (Lipinski definition) is 4. The van der Waals surface area contributed by atoms with E-state index in [-0.39, 0.29) is 16.7 Å². The molecule has 104 valence electrons. The molecule has 4 nitrogen and oxygen atoms in total. The first-order valence-electron chi connectivity index (χ1n) is 6.31. The zero-order valence-electron chi connectivity index (χ0n) is 10.9. The van der Waals surface area contributed by atoms with E-state index in [2.05, 4.69) is 15.9 Å². The molecule has 1 saturated heterocycles. The minimum absolute atomic E-state index is 0.0527. The van der Waals surface area contributed by atoms with Gasteiger partial charge in [0.2, 0.25) is 5.91 Å². The fourth-order valence-corrected chi connectivity index (χ4v) is 3.70. The van der Waals surface area contributed by atoms with Gasteiger partial charge < -0.3 is 9.64 Å². The maximum Gasteiger partial charge on any atom is 0.341 e. The van der Waals surface area contributed by atoms with E-state index in [0.29, 0.717) is 25.1 Å². The first kappa shape index (κ1) is 14.5. The van der Waals surface area contributed by atoms with Gasteiger partial charge in [0, 0.05) is 22.7 Å². The minimum Gasteiger partial charge on any atom is -0.462 e. The van der Waals surface area contributed by atoms with Gasteiger partial charge in [-0.3, -0.25) is 4.79 Å². The Kier molecular flexibility index (Phi) is 4.62. The first-order chi connectivity index (χ1) is 9.06. The van der Waals surface area contributed by atoms with Crippen LogP contribution >= 0.6 is 27.3 Å². The number of carbonyl (C=O) groups excluding carboxylic acids is 2. The molecular weight excluding hydrogens is 330 g/mol. The number of rotatable bonds is 4. The van der Waals surface area contributed by atoms with Crippen LogP contribution in [0.3, 0.4) is 0 Å². The van der Waals surface area contributed by atoms with Crippen molar-refractivity contribution in [1.29, 1.82) is 0 Å². The summed E-state index contributed by atoms with van der Waals surface area (Å²) in [5, 5.41) is 0.724. The lowest BCUT2D eigenvalue weighted by molar-refractivity contribution is -0.116. The molecule has 1 aliphatic heterocycles. The zero-order chi connectivity index (χ0) is 14.0. The second-order valence-electron chi connectivity index (χ2n) is 4.31. The largest absolute Gasteiger partial charge is 0.462 e. The van der Waals surface area contributed by atoms with Crippen LogP contribution in [0.15, 0.2) is 6.07 Å². The maximum absolute atomic E-state index is 12.0. The van der Waals surface area contributed by atoms with Gasteiger partial charge in [-0.25, -0.2) is 4.79 Å². The molecule has 6 heteroatoms. The summed E-state index contributed by atoms with van der Waals surface area (Å²) in [7, 11) is 0. The van der Waals surface area contributed by atoms with E-state index in [0.717, 1.165) is 16.3 Å². The Labute approximate surface area is 124 Å². The van der Waals surface area contributed by atoms with Crippen molar-refractivity contribution in [3.05, 3.63) is 16.5 Å². The smallest absolute Gasteiger partial charge is 0.341 e. The number of esters is 1. The fraction of sp³-hybridized carbons (Fsp3) is 0.538. The summed E-state index contributed by atoms with van der Waals surface area (Å²) in [4.78, 5) is 26.9.